The maximum Gasteiger partial charge on any atom is 0.255 e. The van der Waals surface area contributed by atoms with Crippen LogP contribution in [0.15, 0.2) is 48.9 Å². The molecule has 1 atom stereocenters. The minimum Gasteiger partial charge on any atom is -0.337 e. The summed E-state index contributed by atoms with van der Waals surface area (Å²) >= 11 is 0. The average Bonchev–Trinajstić information content (AvgIpc) is 3.27. The van der Waals surface area contributed by atoms with Crippen molar-refractivity contribution in [3.05, 3.63) is 60.0 Å². The summed E-state index contributed by atoms with van der Waals surface area (Å²) in [5, 5.41) is 0. The molecule has 2 aromatic heterocycles. The van der Waals surface area contributed by atoms with Gasteiger partial charge in [0.05, 0.1) is 18.4 Å². The van der Waals surface area contributed by atoms with E-state index in [2.05, 4.69) is 34.0 Å². The van der Waals surface area contributed by atoms with Crippen molar-refractivity contribution in [2.75, 3.05) is 27.2 Å². The van der Waals surface area contributed by atoms with Gasteiger partial charge in [0.1, 0.15) is 5.52 Å². The molecule has 3 heterocycles. The highest BCUT2D eigenvalue weighted by molar-refractivity contribution is 5.96. The quantitative estimate of drug-likeness (QED) is 0.725. The molecule has 6 heteroatoms. The molecule has 0 radical (unpaired) electrons. The van der Waals surface area contributed by atoms with Crippen LogP contribution in [-0.4, -0.2) is 63.5 Å². The molecule has 134 valence electrons. The number of hydrogen-bond acceptors (Lipinski definition) is 4. The van der Waals surface area contributed by atoms with Gasteiger partial charge in [0.25, 0.3) is 5.91 Å². The second kappa shape index (κ2) is 6.88. The molecule has 1 fully saturated rings. The Labute approximate surface area is 153 Å². The van der Waals surface area contributed by atoms with Crippen LogP contribution in [0.3, 0.4) is 0 Å². The SMILES string of the molecule is CN1CCC(N(C)C(=O)c2cnc3c(c2)ncn3Cc2ccccc2)C1. The van der Waals surface area contributed by atoms with Gasteiger partial charge in [-0.2, -0.15) is 0 Å². The third kappa shape index (κ3) is 3.20. The predicted molar refractivity (Wildman–Crippen MR) is 101 cm³/mol. The number of imidazole rings is 1. The van der Waals surface area contributed by atoms with Gasteiger partial charge in [-0.15, -0.1) is 0 Å². The molecule has 1 aliphatic heterocycles. The number of fused-ring (bicyclic) bond motifs is 1. The molecule has 1 amide bonds. The number of likely N-dealkylation sites (tertiary alicyclic amines) is 1. The third-order valence-corrected chi connectivity index (χ3v) is 5.13. The van der Waals surface area contributed by atoms with Crippen molar-refractivity contribution >= 4 is 17.1 Å². The van der Waals surface area contributed by atoms with Gasteiger partial charge in [-0.3, -0.25) is 4.79 Å². The molecule has 1 unspecified atom stereocenters. The lowest BCUT2D eigenvalue weighted by Crippen LogP contribution is -2.38. The second-order valence-electron chi connectivity index (χ2n) is 7.05. The van der Waals surface area contributed by atoms with Crippen molar-refractivity contribution < 1.29 is 4.79 Å². The molecule has 4 rings (SSSR count). The lowest BCUT2D eigenvalue weighted by Gasteiger charge is -2.24. The van der Waals surface area contributed by atoms with E-state index in [0.29, 0.717) is 12.1 Å². The molecule has 3 aromatic rings. The standard InChI is InChI=1S/C20H23N5O/c1-23-9-8-17(13-23)24(2)20(26)16-10-18-19(21-11-16)25(14-22-18)12-15-6-4-3-5-7-15/h3-7,10-11,14,17H,8-9,12-13H2,1-2H3. The number of benzene rings is 1. The largest absolute Gasteiger partial charge is 0.337 e. The summed E-state index contributed by atoms with van der Waals surface area (Å²) < 4.78 is 2.01. The highest BCUT2D eigenvalue weighted by atomic mass is 16.2. The summed E-state index contributed by atoms with van der Waals surface area (Å²) in [5.74, 6) is 0.0114. The molecule has 1 saturated heterocycles. The van der Waals surface area contributed by atoms with Crippen LogP contribution in [0.25, 0.3) is 11.2 Å². The zero-order valence-electron chi connectivity index (χ0n) is 15.2. The van der Waals surface area contributed by atoms with Gasteiger partial charge < -0.3 is 14.4 Å². The van der Waals surface area contributed by atoms with Crippen LogP contribution in [0.2, 0.25) is 0 Å². The number of nitrogens with zero attached hydrogens (tertiary/aromatic N) is 5. The Morgan fingerprint density at radius 3 is 2.81 bits per heavy atom. The van der Waals surface area contributed by atoms with E-state index in [1.54, 1.807) is 12.5 Å². The Morgan fingerprint density at radius 1 is 1.27 bits per heavy atom. The minimum atomic E-state index is 0.0114. The first kappa shape index (κ1) is 16.7. The molecule has 6 nitrogen and oxygen atoms in total. The second-order valence-corrected chi connectivity index (χ2v) is 7.05. The summed E-state index contributed by atoms with van der Waals surface area (Å²) in [6, 6.07) is 12.3. The smallest absolute Gasteiger partial charge is 0.255 e. The highest BCUT2D eigenvalue weighted by Gasteiger charge is 2.27. The number of aromatic nitrogens is 3. The summed E-state index contributed by atoms with van der Waals surface area (Å²) in [6.07, 6.45) is 4.47. The Hall–Kier alpha value is -2.73. The molecule has 0 aliphatic carbocycles. The van der Waals surface area contributed by atoms with Crippen molar-refractivity contribution in [1.82, 2.24) is 24.3 Å². The number of rotatable bonds is 4. The summed E-state index contributed by atoms with van der Waals surface area (Å²) in [6.45, 7) is 2.67. The lowest BCUT2D eigenvalue weighted by atomic mass is 10.2. The first-order valence-electron chi connectivity index (χ1n) is 8.92. The zero-order valence-corrected chi connectivity index (χ0v) is 15.2. The van der Waals surface area contributed by atoms with E-state index in [1.807, 2.05) is 40.8 Å². The van der Waals surface area contributed by atoms with Crippen LogP contribution in [0, 0.1) is 0 Å². The number of carbonyl (C=O) groups is 1. The summed E-state index contributed by atoms with van der Waals surface area (Å²) in [7, 11) is 3.97. The normalized spacial score (nSPS) is 17.7. The van der Waals surface area contributed by atoms with Crippen LogP contribution >= 0.6 is 0 Å². The summed E-state index contributed by atoms with van der Waals surface area (Å²) in [5.41, 5.74) is 3.34. The van der Waals surface area contributed by atoms with E-state index < -0.39 is 0 Å². The topological polar surface area (TPSA) is 54.3 Å². The molecule has 1 aliphatic rings. The molecule has 0 bridgehead atoms. The first-order valence-corrected chi connectivity index (χ1v) is 8.92. The number of hydrogen-bond donors (Lipinski definition) is 0. The van der Waals surface area contributed by atoms with Crippen LogP contribution in [0.1, 0.15) is 22.3 Å². The molecular formula is C20H23N5O. The molecule has 0 spiro atoms. The fourth-order valence-corrected chi connectivity index (χ4v) is 3.56. The molecular weight excluding hydrogens is 326 g/mol. The lowest BCUT2D eigenvalue weighted by molar-refractivity contribution is 0.0737. The van der Waals surface area contributed by atoms with Gasteiger partial charge >= 0.3 is 0 Å². The third-order valence-electron chi connectivity index (χ3n) is 5.13. The fraction of sp³-hybridized carbons (Fsp3) is 0.350. The van der Waals surface area contributed by atoms with E-state index in [0.717, 1.165) is 30.7 Å². The first-order chi connectivity index (χ1) is 12.6. The van der Waals surface area contributed by atoms with Crippen LogP contribution < -0.4 is 0 Å². The van der Waals surface area contributed by atoms with Crippen molar-refractivity contribution in [3.63, 3.8) is 0 Å². The maximum absolute atomic E-state index is 12.8. The Balaban J connectivity index is 1.55. The fourth-order valence-electron chi connectivity index (χ4n) is 3.56. The van der Waals surface area contributed by atoms with Crippen LogP contribution in [-0.2, 0) is 6.54 Å². The van der Waals surface area contributed by atoms with Gasteiger partial charge in [-0.25, -0.2) is 9.97 Å². The van der Waals surface area contributed by atoms with E-state index in [-0.39, 0.29) is 11.9 Å². The van der Waals surface area contributed by atoms with E-state index in [4.69, 9.17) is 0 Å². The number of carbonyl (C=O) groups excluding carboxylic acids is 1. The van der Waals surface area contributed by atoms with Crippen molar-refractivity contribution in [2.45, 2.75) is 19.0 Å². The van der Waals surface area contributed by atoms with Gasteiger partial charge in [0.2, 0.25) is 0 Å². The average molecular weight is 349 g/mol. The van der Waals surface area contributed by atoms with Crippen molar-refractivity contribution in [3.8, 4) is 0 Å². The maximum atomic E-state index is 12.8. The van der Waals surface area contributed by atoms with Gasteiger partial charge in [-0.05, 0) is 31.6 Å². The van der Waals surface area contributed by atoms with Gasteiger partial charge in [0.15, 0.2) is 5.65 Å². The van der Waals surface area contributed by atoms with Crippen LogP contribution in [0.5, 0.6) is 0 Å². The Morgan fingerprint density at radius 2 is 2.08 bits per heavy atom. The van der Waals surface area contributed by atoms with Crippen molar-refractivity contribution in [2.24, 2.45) is 0 Å². The van der Waals surface area contributed by atoms with Gasteiger partial charge in [-0.1, -0.05) is 30.3 Å². The number of amides is 1. The zero-order chi connectivity index (χ0) is 18.1. The van der Waals surface area contributed by atoms with Crippen LogP contribution in [0.4, 0.5) is 0 Å². The summed E-state index contributed by atoms with van der Waals surface area (Å²) in [4.78, 5) is 25.9. The molecule has 26 heavy (non-hydrogen) atoms. The number of likely N-dealkylation sites (N-methyl/N-ethyl adjacent to an activating group) is 2. The van der Waals surface area contributed by atoms with Gasteiger partial charge in [0, 0.05) is 25.8 Å². The highest BCUT2D eigenvalue weighted by Crippen LogP contribution is 2.18. The Bertz CT molecular complexity index is 920. The predicted octanol–water partition coefficient (Wildman–Crippen LogP) is 2.26. The molecule has 0 saturated carbocycles. The van der Waals surface area contributed by atoms with Crippen molar-refractivity contribution in [1.29, 1.82) is 0 Å². The molecule has 1 aromatic carbocycles. The number of pyridine rings is 1. The monoisotopic (exact) mass is 349 g/mol. The van der Waals surface area contributed by atoms with E-state index in [9.17, 15) is 4.79 Å². The van der Waals surface area contributed by atoms with E-state index >= 15 is 0 Å². The molecule has 0 N–H and O–H groups in total. The minimum absolute atomic E-state index is 0.0114. The Kier molecular flexibility index (Phi) is 4.42. The van der Waals surface area contributed by atoms with E-state index in [1.165, 1.54) is 5.56 Å².